The molecule has 1 aromatic carbocycles. The maximum absolute atomic E-state index is 6.13. The third-order valence-electron chi connectivity index (χ3n) is 3.77. The maximum Gasteiger partial charge on any atom is 0.0424 e. The molecule has 0 amide bonds. The molecule has 1 atom stereocenters. The number of halogens is 2. The van der Waals surface area contributed by atoms with Crippen LogP contribution in [-0.4, -0.2) is 6.54 Å². The molecule has 0 fully saturated rings. The fourth-order valence-corrected chi connectivity index (χ4v) is 3.15. The van der Waals surface area contributed by atoms with Crippen molar-refractivity contribution in [1.29, 1.82) is 0 Å². The van der Waals surface area contributed by atoms with E-state index >= 15 is 0 Å². The van der Waals surface area contributed by atoms with Crippen molar-refractivity contribution in [2.45, 2.75) is 71.3 Å². The third-order valence-corrected chi connectivity index (χ3v) is 4.21. The van der Waals surface area contributed by atoms with Gasteiger partial charge in [0.15, 0.2) is 0 Å². The van der Waals surface area contributed by atoms with Gasteiger partial charge in [-0.15, -0.1) is 0 Å². The summed E-state index contributed by atoms with van der Waals surface area (Å²) >= 11 is 12.3. The van der Waals surface area contributed by atoms with E-state index in [4.69, 9.17) is 23.2 Å². The summed E-state index contributed by atoms with van der Waals surface area (Å²) in [4.78, 5) is 0. The molecule has 0 radical (unpaired) electrons. The van der Waals surface area contributed by atoms with Gasteiger partial charge in [0.05, 0.1) is 0 Å². The van der Waals surface area contributed by atoms with E-state index in [1.54, 1.807) is 6.07 Å². The number of hydrogen-bond acceptors (Lipinski definition) is 1. The van der Waals surface area contributed by atoms with Crippen molar-refractivity contribution in [2.24, 2.45) is 0 Å². The van der Waals surface area contributed by atoms with Gasteiger partial charge in [-0.3, -0.25) is 0 Å². The Labute approximate surface area is 140 Å². The summed E-state index contributed by atoms with van der Waals surface area (Å²) in [5, 5.41) is 5.08. The van der Waals surface area contributed by atoms with Crippen LogP contribution in [0, 0.1) is 0 Å². The predicted octanol–water partition coefficient (Wildman–Crippen LogP) is 6.78. The molecule has 3 heteroatoms. The Hall–Kier alpha value is -0.240. The molecule has 0 aliphatic rings. The normalized spacial score (nSPS) is 12.6. The van der Waals surface area contributed by atoms with E-state index < -0.39 is 0 Å². The highest BCUT2D eigenvalue weighted by molar-refractivity contribution is 6.34. The summed E-state index contributed by atoms with van der Waals surface area (Å²) in [6, 6.07) is 6.25. The highest BCUT2D eigenvalue weighted by Gasteiger charge is 2.12. The van der Waals surface area contributed by atoms with Crippen molar-refractivity contribution in [3.8, 4) is 0 Å². The van der Waals surface area contributed by atoms with Crippen LogP contribution in [0.5, 0.6) is 0 Å². The van der Waals surface area contributed by atoms with Crippen molar-refractivity contribution < 1.29 is 0 Å². The van der Waals surface area contributed by atoms with Gasteiger partial charge in [-0.25, -0.2) is 0 Å². The van der Waals surface area contributed by atoms with Gasteiger partial charge in [0.2, 0.25) is 0 Å². The molecule has 0 aliphatic carbocycles. The topological polar surface area (TPSA) is 12.0 Å². The summed E-state index contributed by atoms with van der Waals surface area (Å²) < 4.78 is 0. The van der Waals surface area contributed by atoms with Crippen molar-refractivity contribution in [3.63, 3.8) is 0 Å². The van der Waals surface area contributed by atoms with Crippen molar-refractivity contribution in [2.75, 3.05) is 6.54 Å². The van der Waals surface area contributed by atoms with Crippen LogP contribution in [0.1, 0.15) is 76.8 Å². The van der Waals surface area contributed by atoms with Crippen LogP contribution < -0.4 is 5.32 Å². The molecule has 0 heterocycles. The molecule has 0 saturated heterocycles. The predicted molar refractivity (Wildman–Crippen MR) is 95.5 cm³/mol. The van der Waals surface area contributed by atoms with Crippen LogP contribution in [0.15, 0.2) is 18.2 Å². The standard InChI is InChI=1S/C18H29Cl2N/c1-3-5-6-7-8-9-10-18(21-11-4-2)15-12-16(19)14-17(20)13-15/h12-14,18,21H,3-11H2,1-2H3. The summed E-state index contributed by atoms with van der Waals surface area (Å²) in [5.41, 5.74) is 1.22. The fourth-order valence-electron chi connectivity index (χ4n) is 2.61. The number of nitrogens with one attached hydrogen (secondary N) is 1. The van der Waals surface area contributed by atoms with E-state index in [1.807, 2.05) is 12.1 Å². The van der Waals surface area contributed by atoms with Crippen LogP contribution in [0.2, 0.25) is 10.0 Å². The quantitative estimate of drug-likeness (QED) is 0.441. The first-order valence-electron chi connectivity index (χ1n) is 8.36. The summed E-state index contributed by atoms with van der Waals surface area (Å²) in [6.45, 7) is 5.48. The first-order valence-corrected chi connectivity index (χ1v) is 9.12. The lowest BCUT2D eigenvalue weighted by Gasteiger charge is -2.19. The number of benzene rings is 1. The minimum atomic E-state index is 0.368. The zero-order valence-corrected chi connectivity index (χ0v) is 14.9. The second-order valence-corrected chi connectivity index (χ2v) is 6.64. The van der Waals surface area contributed by atoms with Crippen LogP contribution in [0.4, 0.5) is 0 Å². The number of rotatable bonds is 11. The molecule has 21 heavy (non-hydrogen) atoms. The Morgan fingerprint density at radius 3 is 2.10 bits per heavy atom. The Balaban J connectivity index is 2.50. The molecule has 0 spiro atoms. The van der Waals surface area contributed by atoms with E-state index in [2.05, 4.69) is 19.2 Å². The average molecular weight is 330 g/mol. The molecule has 0 aliphatic heterocycles. The third kappa shape index (κ3) is 8.09. The minimum Gasteiger partial charge on any atom is -0.310 e. The molecule has 0 aromatic heterocycles. The van der Waals surface area contributed by atoms with Crippen molar-refractivity contribution in [1.82, 2.24) is 5.32 Å². The van der Waals surface area contributed by atoms with Crippen molar-refractivity contribution >= 4 is 23.2 Å². The Morgan fingerprint density at radius 1 is 0.857 bits per heavy atom. The first-order chi connectivity index (χ1) is 10.2. The lowest BCUT2D eigenvalue weighted by atomic mass is 9.99. The van der Waals surface area contributed by atoms with Crippen LogP contribution in [0.3, 0.4) is 0 Å². The molecule has 0 bridgehead atoms. The molecule has 1 rings (SSSR count). The van der Waals surface area contributed by atoms with Crippen LogP contribution in [0.25, 0.3) is 0 Å². The lowest BCUT2D eigenvalue weighted by Crippen LogP contribution is -2.22. The van der Waals surface area contributed by atoms with E-state index in [-0.39, 0.29) is 0 Å². The highest BCUT2D eigenvalue weighted by Crippen LogP contribution is 2.27. The average Bonchev–Trinajstić information content (AvgIpc) is 2.44. The van der Waals surface area contributed by atoms with E-state index in [0.29, 0.717) is 6.04 Å². The SMILES string of the molecule is CCCCCCCCC(NCCC)c1cc(Cl)cc(Cl)c1. The highest BCUT2D eigenvalue weighted by atomic mass is 35.5. The largest absolute Gasteiger partial charge is 0.310 e. The fraction of sp³-hybridized carbons (Fsp3) is 0.667. The second-order valence-electron chi connectivity index (χ2n) is 5.77. The first kappa shape index (κ1) is 18.8. The lowest BCUT2D eigenvalue weighted by molar-refractivity contribution is 0.466. The smallest absolute Gasteiger partial charge is 0.0424 e. The van der Waals surface area contributed by atoms with Gasteiger partial charge in [-0.2, -0.15) is 0 Å². The van der Waals surface area contributed by atoms with E-state index in [0.717, 1.165) is 29.4 Å². The molecular weight excluding hydrogens is 301 g/mol. The van der Waals surface area contributed by atoms with Gasteiger partial charge < -0.3 is 5.32 Å². The molecule has 1 aromatic rings. The van der Waals surface area contributed by atoms with Gasteiger partial charge in [0, 0.05) is 16.1 Å². The molecular formula is C18H29Cl2N. The van der Waals surface area contributed by atoms with Crippen LogP contribution >= 0.6 is 23.2 Å². The zero-order chi connectivity index (χ0) is 15.5. The van der Waals surface area contributed by atoms with Gasteiger partial charge in [-0.1, -0.05) is 75.6 Å². The van der Waals surface area contributed by atoms with E-state index in [1.165, 1.54) is 44.1 Å². The molecule has 120 valence electrons. The minimum absolute atomic E-state index is 0.368. The number of unbranched alkanes of at least 4 members (excludes halogenated alkanes) is 5. The Kier molecular flexibility index (Phi) is 10.2. The number of hydrogen-bond donors (Lipinski definition) is 1. The second kappa shape index (κ2) is 11.3. The Bertz CT molecular complexity index is 373. The van der Waals surface area contributed by atoms with Gasteiger partial charge in [0.1, 0.15) is 0 Å². The van der Waals surface area contributed by atoms with Gasteiger partial charge in [0.25, 0.3) is 0 Å². The zero-order valence-electron chi connectivity index (χ0n) is 13.4. The summed E-state index contributed by atoms with van der Waals surface area (Å²) in [7, 11) is 0. The monoisotopic (exact) mass is 329 g/mol. The van der Waals surface area contributed by atoms with E-state index in [9.17, 15) is 0 Å². The summed E-state index contributed by atoms with van der Waals surface area (Å²) in [6.07, 6.45) is 10.3. The van der Waals surface area contributed by atoms with Gasteiger partial charge in [-0.05, 0) is 43.1 Å². The van der Waals surface area contributed by atoms with Crippen LogP contribution in [-0.2, 0) is 0 Å². The summed E-state index contributed by atoms with van der Waals surface area (Å²) in [5.74, 6) is 0. The molecule has 0 saturated carbocycles. The molecule has 1 unspecified atom stereocenters. The molecule has 1 nitrogen and oxygen atoms in total. The molecule has 1 N–H and O–H groups in total. The van der Waals surface area contributed by atoms with Gasteiger partial charge >= 0.3 is 0 Å². The Morgan fingerprint density at radius 2 is 1.48 bits per heavy atom. The van der Waals surface area contributed by atoms with Crippen molar-refractivity contribution in [3.05, 3.63) is 33.8 Å². The maximum atomic E-state index is 6.13.